The van der Waals surface area contributed by atoms with Crippen LogP contribution in [0.1, 0.15) is 42.4 Å². The van der Waals surface area contributed by atoms with Gasteiger partial charge in [-0.25, -0.2) is 0 Å². The van der Waals surface area contributed by atoms with E-state index < -0.39 is 0 Å². The smallest absolute Gasteiger partial charge is 0.00997 e. The van der Waals surface area contributed by atoms with Crippen LogP contribution in [0.25, 0.3) is 21.5 Å². The number of fused-ring (bicyclic) bond motifs is 4. The molecule has 0 radical (unpaired) electrons. The van der Waals surface area contributed by atoms with E-state index in [0.717, 1.165) is 11.8 Å². The van der Waals surface area contributed by atoms with E-state index in [1.54, 1.807) is 16.7 Å². The summed E-state index contributed by atoms with van der Waals surface area (Å²) in [5.74, 6) is 1.70. The third-order valence-electron chi connectivity index (χ3n) is 5.92. The van der Waals surface area contributed by atoms with Crippen LogP contribution in [0.5, 0.6) is 0 Å². The molecule has 2 aliphatic rings. The van der Waals surface area contributed by atoms with Gasteiger partial charge < -0.3 is 0 Å². The molecule has 0 amide bonds. The molecule has 3 aromatic carbocycles. The van der Waals surface area contributed by atoms with Crippen LogP contribution >= 0.6 is 0 Å². The summed E-state index contributed by atoms with van der Waals surface area (Å²) in [6.45, 7) is 2.45. The van der Waals surface area contributed by atoms with Gasteiger partial charge in [-0.1, -0.05) is 49.4 Å². The Morgan fingerprint density at radius 2 is 1.76 bits per heavy atom. The molecule has 2 atom stereocenters. The lowest BCUT2D eigenvalue weighted by Gasteiger charge is -2.29. The van der Waals surface area contributed by atoms with Gasteiger partial charge in [-0.2, -0.15) is 0 Å². The quantitative estimate of drug-likeness (QED) is 0.467. The molecule has 2 unspecified atom stereocenters. The van der Waals surface area contributed by atoms with Crippen molar-refractivity contribution in [2.45, 2.75) is 38.5 Å². The second kappa shape index (κ2) is 4.10. The predicted molar refractivity (Wildman–Crippen MR) is 90.0 cm³/mol. The normalized spacial score (nSPS) is 23.7. The summed E-state index contributed by atoms with van der Waals surface area (Å²) in [5.41, 5.74) is 5.05. The van der Waals surface area contributed by atoms with Crippen molar-refractivity contribution >= 4 is 21.5 Å². The zero-order valence-corrected chi connectivity index (χ0v) is 12.5. The highest BCUT2D eigenvalue weighted by Crippen LogP contribution is 2.48. The van der Waals surface area contributed by atoms with Crippen molar-refractivity contribution in [2.24, 2.45) is 5.92 Å². The van der Waals surface area contributed by atoms with Crippen molar-refractivity contribution in [3.05, 3.63) is 59.2 Å². The van der Waals surface area contributed by atoms with Crippen LogP contribution in [0.2, 0.25) is 0 Å². The maximum absolute atomic E-state index is 2.51. The first-order valence-electron chi connectivity index (χ1n) is 8.29. The van der Waals surface area contributed by atoms with Gasteiger partial charge in [-0.15, -0.1) is 0 Å². The minimum absolute atomic E-state index is 0.833. The molecular weight excluding hydrogens is 252 g/mol. The minimum atomic E-state index is 0.833. The van der Waals surface area contributed by atoms with E-state index in [0.29, 0.717) is 0 Å². The molecule has 0 heterocycles. The molecular formula is C21H20. The minimum Gasteiger partial charge on any atom is -0.0619 e. The zero-order chi connectivity index (χ0) is 14.0. The molecule has 0 saturated carbocycles. The molecule has 21 heavy (non-hydrogen) atoms. The Morgan fingerprint density at radius 3 is 2.71 bits per heavy atom. The molecule has 0 bridgehead atoms. The summed E-state index contributed by atoms with van der Waals surface area (Å²) < 4.78 is 0. The molecule has 104 valence electrons. The highest BCUT2D eigenvalue weighted by molar-refractivity contribution is 6.09. The number of hydrogen-bond acceptors (Lipinski definition) is 0. The van der Waals surface area contributed by atoms with E-state index in [1.165, 1.54) is 47.2 Å². The van der Waals surface area contributed by atoms with E-state index in [2.05, 4.69) is 49.4 Å². The Morgan fingerprint density at radius 1 is 0.857 bits per heavy atom. The molecule has 3 aromatic rings. The maximum atomic E-state index is 2.51. The molecule has 2 aliphatic carbocycles. The third-order valence-corrected chi connectivity index (χ3v) is 5.92. The van der Waals surface area contributed by atoms with E-state index in [4.69, 9.17) is 0 Å². The van der Waals surface area contributed by atoms with Gasteiger partial charge in [0.2, 0.25) is 0 Å². The molecule has 0 heteroatoms. The third kappa shape index (κ3) is 1.51. The topological polar surface area (TPSA) is 0 Å². The summed E-state index contributed by atoms with van der Waals surface area (Å²) >= 11 is 0. The van der Waals surface area contributed by atoms with Crippen molar-refractivity contribution < 1.29 is 0 Å². The second-order valence-electron chi connectivity index (χ2n) is 6.97. The van der Waals surface area contributed by atoms with Gasteiger partial charge in [0.05, 0.1) is 0 Å². The first kappa shape index (κ1) is 11.8. The van der Waals surface area contributed by atoms with Crippen molar-refractivity contribution in [2.75, 3.05) is 0 Å². The van der Waals surface area contributed by atoms with Gasteiger partial charge in [0, 0.05) is 0 Å². The Balaban J connectivity index is 1.93. The summed E-state index contributed by atoms with van der Waals surface area (Å²) in [6.07, 6.45) is 5.30. The van der Waals surface area contributed by atoms with Crippen molar-refractivity contribution in [1.82, 2.24) is 0 Å². The van der Waals surface area contributed by atoms with Crippen LogP contribution in [0.3, 0.4) is 0 Å². The number of aryl methyl sites for hydroxylation is 2. The molecule has 0 saturated heterocycles. The predicted octanol–water partition coefficient (Wildman–Crippen LogP) is 5.61. The summed E-state index contributed by atoms with van der Waals surface area (Å²) in [4.78, 5) is 0. The Kier molecular flexibility index (Phi) is 2.30. The average molecular weight is 272 g/mol. The van der Waals surface area contributed by atoms with Gasteiger partial charge in [0.25, 0.3) is 0 Å². The molecule has 0 spiro atoms. The first-order valence-corrected chi connectivity index (χ1v) is 8.29. The highest BCUT2D eigenvalue weighted by atomic mass is 14.4. The largest absolute Gasteiger partial charge is 0.0619 e. The number of rotatable bonds is 0. The molecule has 0 fully saturated rings. The fraction of sp³-hybridized carbons (Fsp3) is 0.333. The Labute approximate surface area is 125 Å². The lowest BCUT2D eigenvalue weighted by molar-refractivity contribution is 0.404. The SMILES string of the molecule is CC1CCc2cc3c(ccc4ccccc43)c3c2C1CC3. The lowest BCUT2D eigenvalue weighted by atomic mass is 9.76. The second-order valence-corrected chi connectivity index (χ2v) is 6.97. The molecule has 0 N–H and O–H groups in total. The first-order chi connectivity index (χ1) is 10.3. The van der Waals surface area contributed by atoms with Crippen molar-refractivity contribution in [1.29, 1.82) is 0 Å². The molecule has 0 aromatic heterocycles. The van der Waals surface area contributed by atoms with Gasteiger partial charge in [-0.05, 0) is 75.8 Å². The fourth-order valence-corrected chi connectivity index (χ4v) is 4.84. The van der Waals surface area contributed by atoms with Crippen LogP contribution in [0, 0.1) is 5.92 Å². The molecule has 0 nitrogen and oxygen atoms in total. The van der Waals surface area contributed by atoms with Gasteiger partial charge in [0.1, 0.15) is 0 Å². The standard InChI is InChI=1S/C21H20/c1-13-6-7-15-12-20-17-5-3-2-4-14(17)8-9-18(20)19-11-10-16(13)21(15)19/h2-5,8-9,12-13,16H,6-7,10-11H2,1H3. The Bertz CT molecular complexity index is 872. The molecule has 5 rings (SSSR count). The van der Waals surface area contributed by atoms with Crippen LogP contribution in [0.4, 0.5) is 0 Å². The summed E-state index contributed by atoms with van der Waals surface area (Å²) in [7, 11) is 0. The molecule has 0 aliphatic heterocycles. The van der Waals surface area contributed by atoms with E-state index >= 15 is 0 Å². The monoisotopic (exact) mass is 272 g/mol. The van der Waals surface area contributed by atoms with Crippen LogP contribution in [0.15, 0.2) is 42.5 Å². The van der Waals surface area contributed by atoms with Crippen LogP contribution in [-0.4, -0.2) is 0 Å². The Hall–Kier alpha value is -1.82. The fourth-order valence-electron chi connectivity index (χ4n) is 4.84. The van der Waals surface area contributed by atoms with Crippen LogP contribution in [-0.2, 0) is 12.8 Å². The summed E-state index contributed by atoms with van der Waals surface area (Å²) in [5, 5.41) is 5.80. The van der Waals surface area contributed by atoms with E-state index in [9.17, 15) is 0 Å². The van der Waals surface area contributed by atoms with Crippen molar-refractivity contribution in [3.8, 4) is 0 Å². The summed E-state index contributed by atoms with van der Waals surface area (Å²) in [6, 6.07) is 16.0. The highest BCUT2D eigenvalue weighted by Gasteiger charge is 2.34. The van der Waals surface area contributed by atoms with Gasteiger partial charge in [0.15, 0.2) is 0 Å². The van der Waals surface area contributed by atoms with E-state index in [1.807, 2.05) is 0 Å². The average Bonchev–Trinajstić information content (AvgIpc) is 2.97. The van der Waals surface area contributed by atoms with Crippen molar-refractivity contribution in [3.63, 3.8) is 0 Å². The van der Waals surface area contributed by atoms with Gasteiger partial charge >= 0.3 is 0 Å². The van der Waals surface area contributed by atoms with Gasteiger partial charge in [-0.3, -0.25) is 0 Å². The zero-order valence-electron chi connectivity index (χ0n) is 12.5. The van der Waals surface area contributed by atoms with E-state index in [-0.39, 0.29) is 0 Å². The maximum Gasteiger partial charge on any atom is -0.00997 e. The number of hydrogen-bond donors (Lipinski definition) is 0. The number of benzene rings is 3. The van der Waals surface area contributed by atoms with Crippen LogP contribution < -0.4 is 0 Å². The lowest BCUT2D eigenvalue weighted by Crippen LogP contribution is -2.15.